The predicted molar refractivity (Wildman–Crippen MR) is 72.4 cm³/mol. The molecule has 1 aromatic carbocycles. The molecule has 0 spiro atoms. The Morgan fingerprint density at radius 1 is 1.50 bits per heavy atom. The Balaban J connectivity index is 2.05. The minimum absolute atomic E-state index is 0.0481. The zero-order valence-corrected chi connectivity index (χ0v) is 11.9. The zero-order chi connectivity index (χ0) is 13.0. The van der Waals surface area contributed by atoms with E-state index in [0.717, 1.165) is 11.1 Å². The third-order valence-electron chi connectivity index (χ3n) is 2.94. The van der Waals surface area contributed by atoms with Crippen molar-refractivity contribution in [3.05, 3.63) is 29.8 Å². The van der Waals surface area contributed by atoms with Gasteiger partial charge in [0.1, 0.15) is 5.75 Å². The Labute approximate surface area is 115 Å². The van der Waals surface area contributed by atoms with Crippen molar-refractivity contribution < 1.29 is 14.3 Å². The number of rotatable bonds is 3. The van der Waals surface area contributed by atoms with Crippen molar-refractivity contribution in [2.75, 3.05) is 32.1 Å². The number of carbonyl (C=O) groups excluding carboxylic acids is 1. The lowest BCUT2D eigenvalue weighted by Gasteiger charge is -2.32. The summed E-state index contributed by atoms with van der Waals surface area (Å²) in [6, 6.07) is 7.19. The van der Waals surface area contributed by atoms with E-state index in [2.05, 4.69) is 15.9 Å². The van der Waals surface area contributed by atoms with E-state index in [0.29, 0.717) is 25.3 Å². The maximum atomic E-state index is 12.3. The van der Waals surface area contributed by atoms with E-state index in [9.17, 15) is 4.79 Å². The second-order valence-electron chi connectivity index (χ2n) is 4.13. The molecule has 0 N–H and O–H groups in total. The van der Waals surface area contributed by atoms with Crippen molar-refractivity contribution in [2.24, 2.45) is 0 Å². The largest absolute Gasteiger partial charge is 0.497 e. The van der Waals surface area contributed by atoms with Crippen LogP contribution in [-0.4, -0.2) is 49.0 Å². The van der Waals surface area contributed by atoms with Crippen molar-refractivity contribution >= 4 is 21.8 Å². The molecule has 1 saturated heterocycles. The molecule has 98 valence electrons. The maximum Gasteiger partial charge on any atom is 0.254 e. The van der Waals surface area contributed by atoms with E-state index in [4.69, 9.17) is 9.47 Å². The van der Waals surface area contributed by atoms with Gasteiger partial charge in [0, 0.05) is 24.0 Å². The molecular weight excluding hydrogens is 298 g/mol. The molecule has 2 rings (SSSR count). The number of amides is 1. The average Bonchev–Trinajstić information content (AvgIpc) is 2.46. The molecule has 0 aromatic heterocycles. The van der Waals surface area contributed by atoms with Gasteiger partial charge in [0.05, 0.1) is 19.8 Å². The molecule has 0 aliphatic carbocycles. The Bertz CT molecular complexity index is 407. The van der Waals surface area contributed by atoms with Crippen molar-refractivity contribution in [1.82, 2.24) is 4.90 Å². The lowest BCUT2D eigenvalue weighted by atomic mass is 10.1. The first kappa shape index (κ1) is 13.4. The molecule has 1 heterocycles. The van der Waals surface area contributed by atoms with Gasteiger partial charge in [0.15, 0.2) is 0 Å². The first-order valence-corrected chi connectivity index (χ1v) is 6.97. The first-order valence-electron chi connectivity index (χ1n) is 5.85. The van der Waals surface area contributed by atoms with E-state index >= 15 is 0 Å². The second-order valence-corrected chi connectivity index (χ2v) is 4.77. The summed E-state index contributed by atoms with van der Waals surface area (Å²) in [7, 11) is 1.61. The number of alkyl halides is 1. The Hall–Kier alpha value is -1.07. The molecule has 1 aliphatic heterocycles. The third kappa shape index (κ3) is 3.03. The maximum absolute atomic E-state index is 12.3. The van der Waals surface area contributed by atoms with Crippen LogP contribution in [0.5, 0.6) is 5.75 Å². The fraction of sp³-hybridized carbons (Fsp3) is 0.462. The molecule has 0 saturated carbocycles. The highest BCUT2D eigenvalue weighted by Crippen LogP contribution is 2.15. The van der Waals surface area contributed by atoms with Crippen LogP contribution in [0.2, 0.25) is 0 Å². The molecule has 1 fully saturated rings. The lowest BCUT2D eigenvalue weighted by Crippen LogP contribution is -2.46. The van der Waals surface area contributed by atoms with Gasteiger partial charge in [0.2, 0.25) is 0 Å². The van der Waals surface area contributed by atoms with Crippen LogP contribution in [0.15, 0.2) is 24.3 Å². The smallest absolute Gasteiger partial charge is 0.254 e. The summed E-state index contributed by atoms with van der Waals surface area (Å²) in [5.41, 5.74) is 0.686. The third-order valence-corrected chi connectivity index (χ3v) is 3.66. The van der Waals surface area contributed by atoms with E-state index in [-0.39, 0.29) is 12.0 Å². The van der Waals surface area contributed by atoms with Crippen LogP contribution in [-0.2, 0) is 4.74 Å². The van der Waals surface area contributed by atoms with Crippen LogP contribution < -0.4 is 4.74 Å². The summed E-state index contributed by atoms with van der Waals surface area (Å²) in [6.45, 7) is 1.88. The highest BCUT2D eigenvalue weighted by Gasteiger charge is 2.24. The Kier molecular flexibility index (Phi) is 4.60. The van der Waals surface area contributed by atoms with E-state index < -0.39 is 0 Å². The van der Waals surface area contributed by atoms with Crippen LogP contribution in [0.3, 0.4) is 0 Å². The van der Waals surface area contributed by atoms with Crippen molar-refractivity contribution in [2.45, 2.75) is 6.10 Å². The molecule has 0 radical (unpaired) electrons. The van der Waals surface area contributed by atoms with Crippen molar-refractivity contribution in [3.8, 4) is 5.75 Å². The minimum Gasteiger partial charge on any atom is -0.497 e. The number of methoxy groups -OCH3 is 1. The van der Waals surface area contributed by atoms with Crippen LogP contribution in [0.4, 0.5) is 0 Å². The number of carbonyl (C=O) groups is 1. The molecule has 4 nitrogen and oxygen atoms in total. The number of ether oxygens (including phenoxy) is 2. The average molecular weight is 314 g/mol. The molecule has 5 heteroatoms. The summed E-state index contributed by atoms with van der Waals surface area (Å²) < 4.78 is 10.6. The SMILES string of the molecule is COc1ccc(C(=O)N2CCOC(CBr)C2)cc1. The predicted octanol–water partition coefficient (Wildman–Crippen LogP) is 1.93. The standard InChI is InChI=1S/C13H16BrNO3/c1-17-11-4-2-10(3-5-11)13(16)15-6-7-18-12(8-14)9-15/h2-5,12H,6-9H2,1H3. The van der Waals surface area contributed by atoms with Crippen molar-refractivity contribution in [1.29, 1.82) is 0 Å². The summed E-state index contributed by atoms with van der Waals surface area (Å²) in [5.74, 6) is 0.804. The Morgan fingerprint density at radius 2 is 2.22 bits per heavy atom. The summed E-state index contributed by atoms with van der Waals surface area (Å²) in [4.78, 5) is 14.1. The summed E-state index contributed by atoms with van der Waals surface area (Å²) in [5, 5.41) is 0.749. The second kappa shape index (κ2) is 6.20. The van der Waals surface area contributed by atoms with E-state index in [1.54, 1.807) is 31.4 Å². The van der Waals surface area contributed by atoms with Gasteiger partial charge in [-0.05, 0) is 24.3 Å². The van der Waals surface area contributed by atoms with Gasteiger partial charge in [-0.3, -0.25) is 4.79 Å². The van der Waals surface area contributed by atoms with Gasteiger partial charge in [0.25, 0.3) is 5.91 Å². The van der Waals surface area contributed by atoms with Gasteiger partial charge in [-0.1, -0.05) is 15.9 Å². The monoisotopic (exact) mass is 313 g/mol. The molecule has 0 bridgehead atoms. The molecular formula is C13H16BrNO3. The Morgan fingerprint density at radius 3 is 2.83 bits per heavy atom. The van der Waals surface area contributed by atoms with Crippen LogP contribution in [0.1, 0.15) is 10.4 Å². The van der Waals surface area contributed by atoms with Crippen molar-refractivity contribution in [3.63, 3.8) is 0 Å². The highest BCUT2D eigenvalue weighted by molar-refractivity contribution is 9.09. The number of hydrogen-bond acceptors (Lipinski definition) is 3. The fourth-order valence-electron chi connectivity index (χ4n) is 1.91. The molecule has 1 aromatic rings. The normalized spacial score (nSPS) is 19.7. The fourth-order valence-corrected chi connectivity index (χ4v) is 2.30. The van der Waals surface area contributed by atoms with Gasteiger partial charge in [-0.15, -0.1) is 0 Å². The van der Waals surface area contributed by atoms with Gasteiger partial charge in [-0.25, -0.2) is 0 Å². The summed E-state index contributed by atoms with van der Waals surface area (Å²) >= 11 is 3.38. The molecule has 18 heavy (non-hydrogen) atoms. The number of nitrogens with zero attached hydrogens (tertiary/aromatic N) is 1. The molecule has 1 amide bonds. The number of hydrogen-bond donors (Lipinski definition) is 0. The summed E-state index contributed by atoms with van der Waals surface area (Å²) in [6.07, 6.45) is 0.0842. The molecule has 1 unspecified atom stereocenters. The minimum atomic E-state index is 0.0481. The number of morpholine rings is 1. The highest BCUT2D eigenvalue weighted by atomic mass is 79.9. The molecule has 1 aliphatic rings. The number of halogens is 1. The van der Waals surface area contributed by atoms with Gasteiger partial charge >= 0.3 is 0 Å². The van der Waals surface area contributed by atoms with Gasteiger partial charge < -0.3 is 14.4 Å². The quantitative estimate of drug-likeness (QED) is 0.800. The lowest BCUT2D eigenvalue weighted by molar-refractivity contribution is -0.00965. The van der Waals surface area contributed by atoms with Crippen LogP contribution in [0, 0.1) is 0 Å². The number of benzene rings is 1. The zero-order valence-electron chi connectivity index (χ0n) is 10.3. The molecule has 1 atom stereocenters. The first-order chi connectivity index (χ1) is 8.74. The van der Waals surface area contributed by atoms with Gasteiger partial charge in [-0.2, -0.15) is 0 Å². The van der Waals surface area contributed by atoms with E-state index in [1.165, 1.54) is 0 Å². The van der Waals surface area contributed by atoms with E-state index in [1.807, 2.05) is 4.90 Å². The topological polar surface area (TPSA) is 38.8 Å². The van der Waals surface area contributed by atoms with Crippen LogP contribution in [0.25, 0.3) is 0 Å². The van der Waals surface area contributed by atoms with Crippen LogP contribution >= 0.6 is 15.9 Å².